The Morgan fingerprint density at radius 2 is 2.17 bits per heavy atom. The number of carbonyl (C=O) groups is 2. The van der Waals surface area contributed by atoms with Gasteiger partial charge in [-0.05, 0) is 6.42 Å². The Hall–Kier alpha value is -1.92. The minimum atomic E-state index is -1.17. The summed E-state index contributed by atoms with van der Waals surface area (Å²) in [5.41, 5.74) is -0.189. The van der Waals surface area contributed by atoms with Gasteiger partial charge in [-0.25, -0.2) is 9.48 Å². The van der Waals surface area contributed by atoms with Crippen molar-refractivity contribution < 1.29 is 19.4 Å². The molecule has 100 valence electrons. The first-order valence-corrected chi connectivity index (χ1v) is 5.92. The predicted octanol–water partition coefficient (Wildman–Crippen LogP) is 1.10. The van der Waals surface area contributed by atoms with Crippen LogP contribution in [0.2, 0.25) is 0 Å². The minimum Gasteiger partial charge on any atom is -0.476 e. The molecule has 0 aliphatic carbocycles. The predicted molar refractivity (Wildman–Crippen MR) is 62.1 cm³/mol. The van der Waals surface area contributed by atoms with Crippen molar-refractivity contribution in [3.8, 4) is 0 Å². The third-order valence-corrected chi connectivity index (χ3v) is 2.31. The van der Waals surface area contributed by atoms with E-state index in [0.29, 0.717) is 6.61 Å². The van der Waals surface area contributed by atoms with E-state index < -0.39 is 11.9 Å². The van der Waals surface area contributed by atoms with Crippen LogP contribution in [0.5, 0.6) is 0 Å². The molecule has 1 N–H and O–H groups in total. The van der Waals surface area contributed by atoms with Crippen molar-refractivity contribution in [1.29, 1.82) is 0 Å². The number of unbranched alkanes of at least 4 members (excludes halogenated alkanes) is 3. The summed E-state index contributed by atoms with van der Waals surface area (Å²) >= 11 is 0. The summed E-state index contributed by atoms with van der Waals surface area (Å²) in [6.45, 7) is 2.38. The molecule has 0 aliphatic rings. The monoisotopic (exact) mass is 255 g/mol. The highest BCUT2D eigenvalue weighted by atomic mass is 16.5. The highest BCUT2D eigenvalue weighted by molar-refractivity contribution is 5.84. The maximum absolute atomic E-state index is 11.4. The largest absolute Gasteiger partial charge is 0.476 e. The number of hydrogen-bond donors (Lipinski definition) is 1. The zero-order valence-electron chi connectivity index (χ0n) is 10.3. The van der Waals surface area contributed by atoms with Crippen molar-refractivity contribution in [3.63, 3.8) is 0 Å². The molecule has 0 radical (unpaired) electrons. The molecular formula is C11H17N3O4. The van der Waals surface area contributed by atoms with Crippen LogP contribution in [0.4, 0.5) is 0 Å². The lowest BCUT2D eigenvalue weighted by atomic mass is 10.2. The molecule has 0 amide bonds. The Bertz CT molecular complexity index is 403. The Balaban J connectivity index is 2.24. The summed E-state index contributed by atoms with van der Waals surface area (Å²) in [5, 5.41) is 15.5. The normalized spacial score (nSPS) is 10.3. The number of carboxylic acid groups (broad SMARTS) is 1. The number of carboxylic acids is 1. The highest BCUT2D eigenvalue weighted by Gasteiger charge is 2.11. The third-order valence-electron chi connectivity index (χ3n) is 2.31. The number of esters is 1. The summed E-state index contributed by atoms with van der Waals surface area (Å²) in [7, 11) is 0. The van der Waals surface area contributed by atoms with Crippen LogP contribution < -0.4 is 0 Å². The Labute approximate surface area is 105 Å². The molecule has 1 aromatic rings. The molecule has 1 rings (SSSR count). The number of hydrogen-bond acceptors (Lipinski definition) is 5. The Morgan fingerprint density at radius 1 is 1.39 bits per heavy atom. The summed E-state index contributed by atoms with van der Waals surface area (Å²) in [6.07, 6.45) is 5.34. The van der Waals surface area contributed by atoms with Gasteiger partial charge < -0.3 is 9.84 Å². The van der Waals surface area contributed by atoms with Gasteiger partial charge in [-0.2, -0.15) is 0 Å². The van der Waals surface area contributed by atoms with Crippen molar-refractivity contribution in [2.75, 3.05) is 6.61 Å². The molecule has 0 bridgehead atoms. The van der Waals surface area contributed by atoms with E-state index in [0.717, 1.165) is 30.4 Å². The van der Waals surface area contributed by atoms with Crippen LogP contribution in [0.15, 0.2) is 6.20 Å². The van der Waals surface area contributed by atoms with Crippen LogP contribution in [0.1, 0.15) is 43.1 Å². The van der Waals surface area contributed by atoms with E-state index in [1.807, 2.05) is 0 Å². The summed E-state index contributed by atoms with van der Waals surface area (Å²) in [6, 6.07) is 0. The fourth-order valence-corrected chi connectivity index (χ4v) is 1.37. The van der Waals surface area contributed by atoms with Gasteiger partial charge in [-0.1, -0.05) is 31.4 Å². The molecule has 0 fully saturated rings. The standard InChI is InChI=1S/C11H17N3O4/c1-2-3-4-5-6-18-10(15)8-14-7-9(11(16)17)12-13-14/h7H,2-6,8H2,1H3,(H,16,17). The first-order chi connectivity index (χ1) is 8.63. The summed E-state index contributed by atoms with van der Waals surface area (Å²) in [5.74, 6) is -1.61. The lowest BCUT2D eigenvalue weighted by molar-refractivity contribution is -0.144. The van der Waals surface area contributed by atoms with Gasteiger partial charge in [0.05, 0.1) is 12.8 Å². The average molecular weight is 255 g/mol. The summed E-state index contributed by atoms with van der Waals surface area (Å²) in [4.78, 5) is 21.9. The number of nitrogens with zero attached hydrogens (tertiary/aromatic N) is 3. The number of aromatic nitrogens is 3. The fraction of sp³-hybridized carbons (Fsp3) is 0.636. The molecule has 0 saturated heterocycles. The molecule has 1 aromatic heterocycles. The number of rotatable bonds is 8. The average Bonchev–Trinajstić information content (AvgIpc) is 2.77. The van der Waals surface area contributed by atoms with E-state index in [4.69, 9.17) is 9.84 Å². The van der Waals surface area contributed by atoms with Gasteiger partial charge in [0.25, 0.3) is 0 Å². The van der Waals surface area contributed by atoms with Gasteiger partial charge in [0.1, 0.15) is 6.54 Å². The van der Waals surface area contributed by atoms with Gasteiger partial charge in [0.2, 0.25) is 0 Å². The summed E-state index contributed by atoms with van der Waals surface area (Å²) < 4.78 is 6.14. The smallest absolute Gasteiger partial charge is 0.358 e. The molecule has 0 aromatic carbocycles. The second-order valence-corrected chi connectivity index (χ2v) is 3.89. The van der Waals surface area contributed by atoms with E-state index in [-0.39, 0.29) is 12.2 Å². The van der Waals surface area contributed by atoms with Crippen molar-refractivity contribution in [2.24, 2.45) is 0 Å². The van der Waals surface area contributed by atoms with Crippen LogP contribution in [-0.4, -0.2) is 38.6 Å². The number of aromatic carboxylic acids is 1. The van der Waals surface area contributed by atoms with E-state index in [1.165, 1.54) is 6.20 Å². The first-order valence-electron chi connectivity index (χ1n) is 5.92. The van der Waals surface area contributed by atoms with Gasteiger partial charge in [-0.3, -0.25) is 4.79 Å². The van der Waals surface area contributed by atoms with Gasteiger partial charge >= 0.3 is 11.9 Å². The highest BCUT2D eigenvalue weighted by Crippen LogP contribution is 1.99. The number of carbonyl (C=O) groups excluding carboxylic acids is 1. The maximum Gasteiger partial charge on any atom is 0.358 e. The molecule has 18 heavy (non-hydrogen) atoms. The molecule has 1 heterocycles. The third kappa shape index (κ3) is 4.94. The molecular weight excluding hydrogens is 238 g/mol. The van der Waals surface area contributed by atoms with Gasteiger partial charge in [0, 0.05) is 0 Å². The van der Waals surface area contributed by atoms with Crippen molar-refractivity contribution >= 4 is 11.9 Å². The molecule has 0 unspecified atom stereocenters. The second kappa shape index (κ2) is 7.41. The van der Waals surface area contributed by atoms with Gasteiger partial charge in [0.15, 0.2) is 5.69 Å². The van der Waals surface area contributed by atoms with E-state index >= 15 is 0 Å². The molecule has 0 atom stereocenters. The van der Waals surface area contributed by atoms with Crippen LogP contribution in [0.3, 0.4) is 0 Å². The zero-order chi connectivity index (χ0) is 13.4. The molecule has 0 saturated carbocycles. The van der Waals surface area contributed by atoms with Crippen LogP contribution >= 0.6 is 0 Å². The lowest BCUT2D eigenvalue weighted by Crippen LogP contribution is -2.14. The van der Waals surface area contributed by atoms with Gasteiger partial charge in [-0.15, -0.1) is 5.10 Å². The molecule has 7 nitrogen and oxygen atoms in total. The van der Waals surface area contributed by atoms with Crippen LogP contribution in [-0.2, 0) is 16.1 Å². The van der Waals surface area contributed by atoms with E-state index in [2.05, 4.69) is 17.2 Å². The molecule has 7 heteroatoms. The lowest BCUT2D eigenvalue weighted by Gasteiger charge is -2.03. The number of ether oxygens (including phenoxy) is 1. The van der Waals surface area contributed by atoms with Crippen molar-refractivity contribution in [3.05, 3.63) is 11.9 Å². The fourth-order valence-electron chi connectivity index (χ4n) is 1.37. The first kappa shape index (κ1) is 14.1. The Morgan fingerprint density at radius 3 is 2.78 bits per heavy atom. The molecule has 0 aliphatic heterocycles. The van der Waals surface area contributed by atoms with Crippen LogP contribution in [0, 0.1) is 0 Å². The topological polar surface area (TPSA) is 94.3 Å². The SMILES string of the molecule is CCCCCCOC(=O)Cn1cc(C(=O)O)nn1. The minimum absolute atomic E-state index is 0.117. The quantitative estimate of drug-likeness (QED) is 0.552. The maximum atomic E-state index is 11.4. The van der Waals surface area contributed by atoms with E-state index in [9.17, 15) is 9.59 Å². The van der Waals surface area contributed by atoms with Crippen LogP contribution in [0.25, 0.3) is 0 Å². The Kier molecular flexibility index (Phi) is 5.83. The molecule has 0 spiro atoms. The van der Waals surface area contributed by atoms with E-state index in [1.54, 1.807) is 0 Å². The van der Waals surface area contributed by atoms with Crippen molar-refractivity contribution in [2.45, 2.75) is 39.2 Å². The second-order valence-electron chi connectivity index (χ2n) is 3.89. The zero-order valence-corrected chi connectivity index (χ0v) is 10.3. The van der Waals surface area contributed by atoms with Crippen molar-refractivity contribution in [1.82, 2.24) is 15.0 Å².